The van der Waals surface area contributed by atoms with E-state index >= 15 is 0 Å². The first-order valence-corrected chi connectivity index (χ1v) is 10.5. The number of rotatable bonds is 3. The van der Waals surface area contributed by atoms with Crippen molar-refractivity contribution in [2.24, 2.45) is 0 Å². The Hall–Kier alpha value is -2.37. The molecule has 0 saturated heterocycles. The number of carbonyl (C=O) groups is 1. The molecule has 3 nitrogen and oxygen atoms in total. The molecule has 0 saturated carbocycles. The molecule has 0 spiro atoms. The van der Waals surface area contributed by atoms with Crippen LogP contribution in [0.1, 0.15) is 28.3 Å². The third-order valence-corrected chi connectivity index (χ3v) is 6.85. The topological polar surface area (TPSA) is 34.0 Å². The van der Waals surface area contributed by atoms with E-state index < -0.39 is 0 Å². The highest BCUT2D eigenvalue weighted by Gasteiger charge is 2.28. The van der Waals surface area contributed by atoms with Crippen molar-refractivity contribution in [2.75, 3.05) is 5.32 Å². The molecule has 1 unspecified atom stereocenters. The van der Waals surface area contributed by atoms with Crippen molar-refractivity contribution in [3.05, 3.63) is 86.7 Å². The van der Waals surface area contributed by atoms with Crippen molar-refractivity contribution in [1.82, 2.24) is 4.57 Å². The van der Waals surface area contributed by atoms with Gasteiger partial charge in [-0.05, 0) is 51.3 Å². The third-order valence-electron chi connectivity index (χ3n) is 5.11. The van der Waals surface area contributed by atoms with Gasteiger partial charge in [0.05, 0.1) is 15.0 Å². The molecule has 134 valence electrons. The van der Waals surface area contributed by atoms with Crippen LogP contribution in [0.5, 0.6) is 0 Å². The average Bonchev–Trinajstić information content (AvgIpc) is 3.22. The van der Waals surface area contributed by atoms with Gasteiger partial charge in [-0.3, -0.25) is 4.79 Å². The first-order chi connectivity index (χ1) is 13.2. The van der Waals surface area contributed by atoms with Gasteiger partial charge in [0.15, 0.2) is 0 Å². The predicted molar refractivity (Wildman–Crippen MR) is 115 cm³/mol. The number of nitrogens with one attached hydrogen (secondary N) is 1. The number of hydrogen-bond donors (Lipinski definition) is 1. The zero-order chi connectivity index (χ0) is 18.4. The lowest BCUT2D eigenvalue weighted by molar-refractivity contribution is -0.116. The highest BCUT2D eigenvalue weighted by Crippen LogP contribution is 2.43. The summed E-state index contributed by atoms with van der Waals surface area (Å²) in [7, 11) is 0. The molecule has 2 aromatic heterocycles. The van der Waals surface area contributed by atoms with Gasteiger partial charge in [-0.25, -0.2) is 0 Å². The maximum absolute atomic E-state index is 12.5. The lowest BCUT2D eigenvalue weighted by Gasteiger charge is -2.12. The van der Waals surface area contributed by atoms with E-state index in [1.807, 2.05) is 18.2 Å². The van der Waals surface area contributed by atoms with Crippen molar-refractivity contribution in [1.29, 1.82) is 0 Å². The van der Waals surface area contributed by atoms with Gasteiger partial charge in [-0.15, -0.1) is 11.3 Å². The second-order valence-electron chi connectivity index (χ2n) is 6.84. The van der Waals surface area contributed by atoms with Crippen molar-refractivity contribution < 1.29 is 4.79 Å². The van der Waals surface area contributed by atoms with E-state index in [1.54, 1.807) is 11.3 Å². The summed E-state index contributed by atoms with van der Waals surface area (Å²) in [6, 6.07) is 20.8. The number of halogens is 1. The van der Waals surface area contributed by atoms with Gasteiger partial charge in [0.1, 0.15) is 0 Å². The number of anilines is 1. The van der Waals surface area contributed by atoms with Crippen LogP contribution in [0.3, 0.4) is 0 Å². The number of amides is 1. The predicted octanol–water partition coefficient (Wildman–Crippen LogP) is 5.99. The molecular formula is C22H17BrN2OS. The molecule has 5 heteroatoms. The molecule has 2 aromatic carbocycles. The van der Waals surface area contributed by atoms with E-state index in [9.17, 15) is 4.79 Å². The van der Waals surface area contributed by atoms with Crippen LogP contribution in [0.15, 0.2) is 70.6 Å². The quantitative estimate of drug-likeness (QED) is 0.420. The van der Waals surface area contributed by atoms with E-state index in [4.69, 9.17) is 0 Å². The van der Waals surface area contributed by atoms with Crippen LogP contribution in [-0.2, 0) is 11.3 Å². The first-order valence-electron chi connectivity index (χ1n) is 8.90. The Morgan fingerprint density at radius 3 is 2.70 bits per heavy atom. The molecule has 0 bridgehead atoms. The summed E-state index contributed by atoms with van der Waals surface area (Å²) >= 11 is 5.27. The third kappa shape index (κ3) is 3.01. The molecule has 27 heavy (non-hydrogen) atoms. The van der Waals surface area contributed by atoms with E-state index in [2.05, 4.69) is 74.5 Å². The standard InChI is InChI=1S/C22H17BrN2OS/c23-20-10-9-19(27-20)15-11-21(26)24-17-7-4-8-18-22(17)16(15)13-25(18)12-14-5-2-1-3-6-14/h1-10,13,15H,11-12H2,(H,24,26). The van der Waals surface area contributed by atoms with Crippen LogP contribution < -0.4 is 5.32 Å². The highest BCUT2D eigenvalue weighted by molar-refractivity contribution is 9.11. The molecule has 0 fully saturated rings. The SMILES string of the molecule is O=C1CC(c2ccc(Br)s2)c2cn(Cc3ccccc3)c3cccc(c23)N1. The molecule has 4 aromatic rings. The Morgan fingerprint density at radius 2 is 1.93 bits per heavy atom. The minimum atomic E-state index is 0.0721. The normalized spacial score (nSPS) is 16.3. The van der Waals surface area contributed by atoms with Gasteiger partial charge < -0.3 is 9.88 Å². The summed E-state index contributed by atoms with van der Waals surface area (Å²) in [5.41, 5.74) is 4.57. The second kappa shape index (κ2) is 6.66. The fourth-order valence-corrected chi connectivity index (χ4v) is 5.47. The van der Waals surface area contributed by atoms with Gasteiger partial charge in [0.2, 0.25) is 5.91 Å². The monoisotopic (exact) mass is 436 g/mol. The maximum Gasteiger partial charge on any atom is 0.225 e. The molecule has 1 N–H and O–H groups in total. The smallest absolute Gasteiger partial charge is 0.225 e. The number of carbonyl (C=O) groups excluding carboxylic acids is 1. The molecule has 0 radical (unpaired) electrons. The zero-order valence-electron chi connectivity index (χ0n) is 14.5. The van der Waals surface area contributed by atoms with Gasteiger partial charge in [0.25, 0.3) is 0 Å². The number of nitrogens with zero attached hydrogens (tertiary/aromatic N) is 1. The number of hydrogen-bond acceptors (Lipinski definition) is 2. The fraction of sp³-hybridized carbons (Fsp3) is 0.136. The summed E-state index contributed by atoms with van der Waals surface area (Å²) in [6.07, 6.45) is 2.70. The molecular weight excluding hydrogens is 420 g/mol. The highest BCUT2D eigenvalue weighted by atomic mass is 79.9. The number of thiophene rings is 1. The Morgan fingerprint density at radius 1 is 1.07 bits per heavy atom. The van der Waals surface area contributed by atoms with E-state index in [0.717, 1.165) is 26.9 Å². The summed E-state index contributed by atoms with van der Waals surface area (Å²) in [5.74, 6) is 0.146. The van der Waals surface area contributed by atoms with E-state index in [0.29, 0.717) is 6.42 Å². The number of benzene rings is 2. The van der Waals surface area contributed by atoms with Crippen LogP contribution in [0.2, 0.25) is 0 Å². The molecule has 1 aliphatic rings. The van der Waals surface area contributed by atoms with Crippen molar-refractivity contribution >= 4 is 49.8 Å². The fourth-order valence-electron chi connectivity index (χ4n) is 3.93. The molecule has 1 atom stereocenters. The Kier molecular flexibility index (Phi) is 4.14. The molecule has 3 heterocycles. The van der Waals surface area contributed by atoms with Gasteiger partial charge in [0, 0.05) is 35.3 Å². The van der Waals surface area contributed by atoms with Gasteiger partial charge in [-0.2, -0.15) is 0 Å². The lowest BCUT2D eigenvalue weighted by Crippen LogP contribution is -2.13. The summed E-state index contributed by atoms with van der Waals surface area (Å²) in [6.45, 7) is 0.815. The van der Waals surface area contributed by atoms with Crippen LogP contribution in [-0.4, -0.2) is 10.5 Å². The summed E-state index contributed by atoms with van der Waals surface area (Å²) in [4.78, 5) is 13.7. The first kappa shape index (κ1) is 16.8. The van der Waals surface area contributed by atoms with Crippen LogP contribution >= 0.6 is 27.3 Å². The Balaban J connectivity index is 1.70. The molecule has 1 amide bonds. The van der Waals surface area contributed by atoms with Crippen molar-refractivity contribution in [2.45, 2.75) is 18.9 Å². The van der Waals surface area contributed by atoms with E-state index in [1.165, 1.54) is 16.0 Å². The molecule has 1 aliphatic heterocycles. The van der Waals surface area contributed by atoms with Crippen LogP contribution in [0, 0.1) is 0 Å². The van der Waals surface area contributed by atoms with Gasteiger partial charge >= 0.3 is 0 Å². The lowest BCUT2D eigenvalue weighted by atomic mass is 9.94. The Bertz CT molecular complexity index is 1150. The van der Waals surface area contributed by atoms with Crippen LogP contribution in [0.4, 0.5) is 5.69 Å². The molecule has 0 aliphatic carbocycles. The molecule has 5 rings (SSSR count). The maximum atomic E-state index is 12.5. The van der Waals surface area contributed by atoms with Gasteiger partial charge in [-0.1, -0.05) is 36.4 Å². The average molecular weight is 437 g/mol. The zero-order valence-corrected chi connectivity index (χ0v) is 16.9. The Labute approximate surface area is 169 Å². The number of aromatic nitrogens is 1. The van der Waals surface area contributed by atoms with E-state index in [-0.39, 0.29) is 11.8 Å². The second-order valence-corrected chi connectivity index (χ2v) is 9.34. The minimum Gasteiger partial charge on any atom is -0.343 e. The minimum absolute atomic E-state index is 0.0721. The van der Waals surface area contributed by atoms with Crippen LogP contribution in [0.25, 0.3) is 10.9 Å². The summed E-state index contributed by atoms with van der Waals surface area (Å²) < 4.78 is 3.40. The largest absolute Gasteiger partial charge is 0.343 e. The van der Waals surface area contributed by atoms with Crippen molar-refractivity contribution in [3.63, 3.8) is 0 Å². The summed E-state index contributed by atoms with van der Waals surface area (Å²) in [5, 5.41) is 4.27. The van der Waals surface area contributed by atoms with Crippen molar-refractivity contribution in [3.8, 4) is 0 Å².